The molecule has 2 aromatic rings. The minimum absolute atomic E-state index is 0.624. The fourth-order valence-corrected chi connectivity index (χ4v) is 2.27. The van der Waals surface area contributed by atoms with Gasteiger partial charge in [-0.05, 0) is 46.5 Å². The highest BCUT2D eigenvalue weighted by molar-refractivity contribution is 9.10. The van der Waals surface area contributed by atoms with Crippen LogP contribution in [0.15, 0.2) is 22.9 Å². The number of hydrogen-bond acceptors (Lipinski definition) is 1. The van der Waals surface area contributed by atoms with Crippen molar-refractivity contribution in [2.24, 2.45) is 5.92 Å². The third-order valence-electron chi connectivity index (χ3n) is 2.40. The van der Waals surface area contributed by atoms with Crippen LogP contribution in [0.5, 0.6) is 0 Å². The van der Waals surface area contributed by atoms with Gasteiger partial charge in [-0.2, -0.15) is 0 Å². The Balaban J connectivity index is 2.60. The SMILES string of the molecule is Cc1ccc2nc(Br)n(CC(C)C)c2c1. The van der Waals surface area contributed by atoms with Crippen LogP contribution in [-0.4, -0.2) is 9.55 Å². The molecule has 0 saturated carbocycles. The summed E-state index contributed by atoms with van der Waals surface area (Å²) >= 11 is 3.51. The van der Waals surface area contributed by atoms with Gasteiger partial charge in [-0.3, -0.25) is 0 Å². The lowest BCUT2D eigenvalue weighted by molar-refractivity contribution is 0.526. The molecule has 1 aromatic carbocycles. The molecule has 3 heteroatoms. The zero-order chi connectivity index (χ0) is 11.0. The number of nitrogens with zero attached hydrogens (tertiary/aromatic N) is 2. The first-order valence-electron chi connectivity index (χ1n) is 5.20. The second-order valence-corrected chi connectivity index (χ2v) is 5.09. The molecule has 0 saturated heterocycles. The lowest BCUT2D eigenvalue weighted by atomic mass is 10.2. The van der Waals surface area contributed by atoms with Crippen LogP contribution in [0.25, 0.3) is 11.0 Å². The number of imidazole rings is 1. The van der Waals surface area contributed by atoms with Crippen LogP contribution in [0.4, 0.5) is 0 Å². The van der Waals surface area contributed by atoms with Gasteiger partial charge in [0, 0.05) is 6.54 Å². The number of benzene rings is 1. The fraction of sp³-hybridized carbons (Fsp3) is 0.417. The summed E-state index contributed by atoms with van der Waals surface area (Å²) in [6, 6.07) is 6.36. The summed E-state index contributed by atoms with van der Waals surface area (Å²) in [6.07, 6.45) is 0. The summed E-state index contributed by atoms with van der Waals surface area (Å²) in [4.78, 5) is 4.49. The van der Waals surface area contributed by atoms with Crippen molar-refractivity contribution in [3.8, 4) is 0 Å². The van der Waals surface area contributed by atoms with E-state index in [0.717, 1.165) is 16.8 Å². The summed E-state index contributed by atoms with van der Waals surface area (Å²) < 4.78 is 3.16. The molecule has 0 unspecified atom stereocenters. The second kappa shape index (κ2) is 3.97. The van der Waals surface area contributed by atoms with Gasteiger partial charge in [-0.15, -0.1) is 0 Å². The Labute approximate surface area is 98.4 Å². The van der Waals surface area contributed by atoms with E-state index in [2.05, 4.69) is 64.5 Å². The van der Waals surface area contributed by atoms with Gasteiger partial charge in [0.1, 0.15) is 0 Å². The lowest BCUT2D eigenvalue weighted by Gasteiger charge is -2.08. The monoisotopic (exact) mass is 266 g/mol. The van der Waals surface area contributed by atoms with E-state index in [1.54, 1.807) is 0 Å². The lowest BCUT2D eigenvalue weighted by Crippen LogP contribution is -2.04. The number of aryl methyl sites for hydroxylation is 1. The van der Waals surface area contributed by atoms with Gasteiger partial charge in [-0.25, -0.2) is 4.98 Å². The Morgan fingerprint density at radius 1 is 1.40 bits per heavy atom. The van der Waals surface area contributed by atoms with Gasteiger partial charge in [0.05, 0.1) is 11.0 Å². The second-order valence-electron chi connectivity index (χ2n) is 4.38. The predicted octanol–water partition coefficient (Wildman–Crippen LogP) is 3.76. The fourth-order valence-electron chi connectivity index (χ4n) is 1.74. The number of fused-ring (bicyclic) bond motifs is 1. The molecule has 2 rings (SSSR count). The molecule has 0 radical (unpaired) electrons. The first-order valence-corrected chi connectivity index (χ1v) is 5.99. The summed E-state index contributed by atoms with van der Waals surface area (Å²) in [5, 5.41) is 0. The zero-order valence-corrected chi connectivity index (χ0v) is 10.9. The van der Waals surface area contributed by atoms with Crippen molar-refractivity contribution < 1.29 is 0 Å². The van der Waals surface area contributed by atoms with E-state index in [-0.39, 0.29) is 0 Å². The molecule has 0 amide bonds. The van der Waals surface area contributed by atoms with E-state index in [4.69, 9.17) is 0 Å². The van der Waals surface area contributed by atoms with Gasteiger partial charge in [0.25, 0.3) is 0 Å². The maximum absolute atomic E-state index is 4.49. The van der Waals surface area contributed by atoms with Gasteiger partial charge in [-0.1, -0.05) is 19.9 Å². The topological polar surface area (TPSA) is 17.8 Å². The average Bonchev–Trinajstić information content (AvgIpc) is 2.43. The molecule has 1 heterocycles. The molecular formula is C12H15BrN2. The Morgan fingerprint density at radius 3 is 2.80 bits per heavy atom. The van der Waals surface area contributed by atoms with Crippen molar-refractivity contribution in [2.75, 3.05) is 0 Å². The summed E-state index contributed by atoms with van der Waals surface area (Å²) in [5.74, 6) is 0.624. The van der Waals surface area contributed by atoms with Crippen LogP contribution in [0.2, 0.25) is 0 Å². The number of halogens is 1. The van der Waals surface area contributed by atoms with Crippen LogP contribution in [0.1, 0.15) is 19.4 Å². The van der Waals surface area contributed by atoms with Crippen LogP contribution in [0.3, 0.4) is 0 Å². The van der Waals surface area contributed by atoms with Crippen molar-refractivity contribution in [2.45, 2.75) is 27.3 Å². The largest absolute Gasteiger partial charge is 0.318 e. The Hall–Kier alpha value is -0.830. The highest BCUT2D eigenvalue weighted by atomic mass is 79.9. The van der Waals surface area contributed by atoms with Gasteiger partial charge >= 0.3 is 0 Å². The van der Waals surface area contributed by atoms with Crippen molar-refractivity contribution >= 4 is 27.0 Å². The molecule has 2 nitrogen and oxygen atoms in total. The van der Waals surface area contributed by atoms with E-state index in [1.807, 2.05) is 0 Å². The molecule has 1 aromatic heterocycles. The van der Waals surface area contributed by atoms with Gasteiger partial charge in [0.15, 0.2) is 4.73 Å². The minimum Gasteiger partial charge on any atom is -0.318 e. The number of hydrogen-bond donors (Lipinski definition) is 0. The number of rotatable bonds is 2. The summed E-state index contributed by atoms with van der Waals surface area (Å²) in [5.41, 5.74) is 3.56. The molecule has 0 atom stereocenters. The maximum Gasteiger partial charge on any atom is 0.178 e. The molecule has 0 bridgehead atoms. The molecule has 0 N–H and O–H groups in total. The van der Waals surface area contributed by atoms with Crippen molar-refractivity contribution in [1.29, 1.82) is 0 Å². The molecule has 80 valence electrons. The highest BCUT2D eigenvalue weighted by Gasteiger charge is 2.09. The third kappa shape index (κ3) is 2.07. The molecule has 0 aliphatic rings. The van der Waals surface area contributed by atoms with Crippen molar-refractivity contribution in [1.82, 2.24) is 9.55 Å². The molecular weight excluding hydrogens is 252 g/mol. The van der Waals surface area contributed by atoms with E-state index in [9.17, 15) is 0 Å². The standard InChI is InChI=1S/C12H15BrN2/c1-8(2)7-15-11-6-9(3)4-5-10(11)14-12(15)13/h4-6,8H,7H2,1-3H3. The van der Waals surface area contributed by atoms with Crippen LogP contribution < -0.4 is 0 Å². The number of aromatic nitrogens is 2. The molecule has 0 aliphatic heterocycles. The normalized spacial score (nSPS) is 11.5. The first kappa shape index (κ1) is 10.7. The average molecular weight is 267 g/mol. The Morgan fingerprint density at radius 2 is 2.13 bits per heavy atom. The maximum atomic E-state index is 4.49. The Kier molecular flexibility index (Phi) is 2.83. The highest BCUT2D eigenvalue weighted by Crippen LogP contribution is 2.22. The van der Waals surface area contributed by atoms with Crippen LogP contribution in [-0.2, 0) is 6.54 Å². The quantitative estimate of drug-likeness (QED) is 0.810. The van der Waals surface area contributed by atoms with Gasteiger partial charge < -0.3 is 4.57 Å². The van der Waals surface area contributed by atoms with E-state index in [0.29, 0.717) is 5.92 Å². The molecule has 0 spiro atoms. The predicted molar refractivity (Wildman–Crippen MR) is 67.0 cm³/mol. The summed E-state index contributed by atoms with van der Waals surface area (Å²) in [7, 11) is 0. The van der Waals surface area contributed by atoms with E-state index >= 15 is 0 Å². The van der Waals surface area contributed by atoms with Crippen molar-refractivity contribution in [3.05, 3.63) is 28.5 Å². The third-order valence-corrected chi connectivity index (χ3v) is 3.01. The molecule has 15 heavy (non-hydrogen) atoms. The molecule has 0 fully saturated rings. The van der Waals surface area contributed by atoms with Crippen LogP contribution >= 0.6 is 15.9 Å². The molecule has 0 aliphatic carbocycles. The minimum atomic E-state index is 0.624. The summed E-state index contributed by atoms with van der Waals surface area (Å²) in [6.45, 7) is 7.54. The smallest absolute Gasteiger partial charge is 0.178 e. The Bertz CT molecular complexity index is 486. The van der Waals surface area contributed by atoms with E-state index in [1.165, 1.54) is 11.1 Å². The first-order chi connectivity index (χ1) is 7.08. The van der Waals surface area contributed by atoms with E-state index < -0.39 is 0 Å². The van der Waals surface area contributed by atoms with Crippen molar-refractivity contribution in [3.63, 3.8) is 0 Å². The zero-order valence-electron chi connectivity index (χ0n) is 9.29. The van der Waals surface area contributed by atoms with Gasteiger partial charge in [0.2, 0.25) is 0 Å². The van der Waals surface area contributed by atoms with Crippen LogP contribution in [0, 0.1) is 12.8 Å².